The average Bonchev–Trinajstić information content (AvgIpc) is 2.13. The van der Waals surface area contributed by atoms with Gasteiger partial charge in [0.25, 0.3) is 0 Å². The molecule has 3 heteroatoms. The fourth-order valence-electron chi connectivity index (χ4n) is 1.78. The molecule has 0 aromatic heterocycles. The molecule has 0 unspecified atom stereocenters. The Morgan fingerprint density at radius 1 is 1.33 bits per heavy atom. The summed E-state index contributed by atoms with van der Waals surface area (Å²) >= 11 is 0. The molecule has 3 nitrogen and oxygen atoms in total. The van der Waals surface area contributed by atoms with E-state index < -0.39 is 5.60 Å². The van der Waals surface area contributed by atoms with Crippen LogP contribution < -0.4 is 0 Å². The van der Waals surface area contributed by atoms with Crippen LogP contribution in [0.15, 0.2) is 0 Å². The zero-order chi connectivity index (χ0) is 11.3. The van der Waals surface area contributed by atoms with Crippen LogP contribution in [0.4, 0.5) is 0 Å². The van der Waals surface area contributed by atoms with Crippen molar-refractivity contribution < 1.29 is 9.84 Å². The van der Waals surface area contributed by atoms with E-state index in [1.807, 2.05) is 6.92 Å². The van der Waals surface area contributed by atoms with Gasteiger partial charge in [-0.1, -0.05) is 20.8 Å². The molecule has 1 rings (SSSR count). The first-order valence-corrected chi connectivity index (χ1v) is 6.08. The molecule has 0 saturated carbocycles. The predicted octanol–water partition coefficient (Wildman–Crippen LogP) is 1.51. The first kappa shape index (κ1) is 12.9. The summed E-state index contributed by atoms with van der Waals surface area (Å²) in [5.41, 5.74) is -0.405. The van der Waals surface area contributed by atoms with E-state index in [1.54, 1.807) is 0 Å². The summed E-state index contributed by atoms with van der Waals surface area (Å²) in [6.45, 7) is 10.7. The third-order valence-electron chi connectivity index (χ3n) is 3.09. The van der Waals surface area contributed by atoms with E-state index in [0.29, 0.717) is 0 Å². The van der Waals surface area contributed by atoms with E-state index in [0.717, 1.165) is 51.6 Å². The molecule has 0 amide bonds. The number of hydrogen-bond acceptors (Lipinski definition) is 3. The monoisotopic (exact) mass is 215 g/mol. The van der Waals surface area contributed by atoms with Crippen molar-refractivity contribution in [1.29, 1.82) is 0 Å². The number of rotatable bonds is 7. The molecule has 1 fully saturated rings. The second-order valence-corrected chi connectivity index (χ2v) is 5.08. The number of ether oxygens (including phenoxy) is 1. The third kappa shape index (κ3) is 4.49. The lowest BCUT2D eigenvalue weighted by atomic mass is 9.91. The Hall–Kier alpha value is -0.120. The molecule has 1 aliphatic rings. The smallest absolute Gasteiger partial charge is 0.0897 e. The molecule has 0 bridgehead atoms. The third-order valence-corrected chi connectivity index (χ3v) is 3.09. The maximum atomic E-state index is 9.78. The van der Waals surface area contributed by atoms with E-state index in [-0.39, 0.29) is 0 Å². The summed E-state index contributed by atoms with van der Waals surface area (Å²) in [5, 5.41) is 9.78. The van der Waals surface area contributed by atoms with Crippen LogP contribution in [0.1, 0.15) is 33.6 Å². The van der Waals surface area contributed by atoms with E-state index >= 15 is 0 Å². The first-order valence-electron chi connectivity index (χ1n) is 6.08. The van der Waals surface area contributed by atoms with Gasteiger partial charge in [-0.3, -0.25) is 4.90 Å². The van der Waals surface area contributed by atoms with Crippen LogP contribution in [0.5, 0.6) is 0 Å². The van der Waals surface area contributed by atoms with E-state index in [4.69, 9.17) is 4.74 Å². The van der Waals surface area contributed by atoms with Gasteiger partial charge in [-0.25, -0.2) is 0 Å². The summed E-state index contributed by atoms with van der Waals surface area (Å²) in [5.74, 6) is 0.721. The molecule has 15 heavy (non-hydrogen) atoms. The molecule has 1 heterocycles. The average molecular weight is 215 g/mol. The molecule has 0 aromatic rings. The molecule has 0 spiro atoms. The summed E-state index contributed by atoms with van der Waals surface area (Å²) in [6, 6.07) is 0. The van der Waals surface area contributed by atoms with E-state index in [9.17, 15) is 5.11 Å². The fraction of sp³-hybridized carbons (Fsp3) is 1.00. The number of hydrogen-bond donors (Lipinski definition) is 1. The van der Waals surface area contributed by atoms with Gasteiger partial charge in [-0.15, -0.1) is 0 Å². The van der Waals surface area contributed by atoms with Gasteiger partial charge < -0.3 is 9.84 Å². The van der Waals surface area contributed by atoms with Gasteiger partial charge in [0, 0.05) is 26.2 Å². The van der Waals surface area contributed by atoms with Crippen molar-refractivity contribution in [2.45, 2.75) is 39.2 Å². The van der Waals surface area contributed by atoms with Crippen LogP contribution in [0.25, 0.3) is 0 Å². The lowest BCUT2D eigenvalue weighted by Gasteiger charge is -2.46. The van der Waals surface area contributed by atoms with Gasteiger partial charge in [-0.05, 0) is 18.8 Å². The molecule has 0 aliphatic carbocycles. The Balaban J connectivity index is 1.91. The van der Waals surface area contributed by atoms with Crippen LogP contribution >= 0.6 is 0 Å². The van der Waals surface area contributed by atoms with Crippen LogP contribution in [-0.4, -0.2) is 48.5 Å². The Labute approximate surface area is 93.4 Å². The van der Waals surface area contributed by atoms with Crippen molar-refractivity contribution in [3.8, 4) is 0 Å². The number of aliphatic hydroxyl groups is 1. The van der Waals surface area contributed by atoms with Crippen LogP contribution in [0.2, 0.25) is 0 Å². The lowest BCUT2D eigenvalue weighted by Crippen LogP contribution is -2.61. The quantitative estimate of drug-likeness (QED) is 0.653. The largest absolute Gasteiger partial charge is 0.387 e. The highest BCUT2D eigenvalue weighted by Gasteiger charge is 2.38. The maximum absolute atomic E-state index is 9.78. The van der Waals surface area contributed by atoms with Crippen molar-refractivity contribution >= 4 is 0 Å². The molecular weight excluding hydrogens is 190 g/mol. The minimum Gasteiger partial charge on any atom is -0.387 e. The van der Waals surface area contributed by atoms with E-state index in [1.165, 1.54) is 0 Å². The van der Waals surface area contributed by atoms with Gasteiger partial charge in [0.1, 0.15) is 0 Å². The maximum Gasteiger partial charge on any atom is 0.0897 e. The summed E-state index contributed by atoms with van der Waals surface area (Å²) in [4.78, 5) is 2.25. The normalized spacial score (nSPS) is 20.6. The van der Waals surface area contributed by atoms with Crippen molar-refractivity contribution in [1.82, 2.24) is 4.90 Å². The first-order chi connectivity index (χ1) is 7.06. The number of likely N-dealkylation sites (tertiary alicyclic amines) is 1. The predicted molar refractivity (Wildman–Crippen MR) is 62.0 cm³/mol. The van der Waals surface area contributed by atoms with Gasteiger partial charge >= 0.3 is 0 Å². The van der Waals surface area contributed by atoms with Crippen molar-refractivity contribution in [3.63, 3.8) is 0 Å². The van der Waals surface area contributed by atoms with Gasteiger partial charge in [0.05, 0.1) is 12.2 Å². The highest BCUT2D eigenvalue weighted by molar-refractivity contribution is 4.93. The summed E-state index contributed by atoms with van der Waals surface area (Å²) in [6.07, 6.45) is 2.00. The molecule has 1 saturated heterocycles. The Morgan fingerprint density at radius 3 is 2.53 bits per heavy atom. The topological polar surface area (TPSA) is 32.7 Å². The van der Waals surface area contributed by atoms with Crippen molar-refractivity contribution in [2.75, 3.05) is 32.8 Å². The zero-order valence-electron chi connectivity index (χ0n) is 10.3. The summed E-state index contributed by atoms with van der Waals surface area (Å²) in [7, 11) is 0. The highest BCUT2D eigenvalue weighted by Crippen LogP contribution is 2.23. The highest BCUT2D eigenvalue weighted by atomic mass is 16.5. The molecule has 0 radical (unpaired) electrons. The molecule has 0 atom stereocenters. The van der Waals surface area contributed by atoms with E-state index in [2.05, 4.69) is 18.7 Å². The molecule has 1 N–H and O–H groups in total. The lowest BCUT2D eigenvalue weighted by molar-refractivity contribution is -0.105. The van der Waals surface area contributed by atoms with Crippen molar-refractivity contribution in [3.05, 3.63) is 0 Å². The molecular formula is C12H25NO2. The van der Waals surface area contributed by atoms with Crippen molar-refractivity contribution in [2.24, 2.45) is 5.92 Å². The minimum absolute atomic E-state index is 0.405. The van der Waals surface area contributed by atoms with Gasteiger partial charge in [0.15, 0.2) is 0 Å². The molecule has 90 valence electrons. The molecule has 0 aromatic carbocycles. The van der Waals surface area contributed by atoms with Gasteiger partial charge in [-0.2, -0.15) is 0 Å². The zero-order valence-corrected chi connectivity index (χ0v) is 10.3. The molecule has 1 aliphatic heterocycles. The van der Waals surface area contributed by atoms with Crippen LogP contribution in [0.3, 0.4) is 0 Å². The second-order valence-electron chi connectivity index (χ2n) is 5.08. The Kier molecular flexibility index (Phi) is 5.03. The van der Waals surface area contributed by atoms with Gasteiger partial charge in [0.2, 0.25) is 0 Å². The minimum atomic E-state index is -0.405. The second kappa shape index (κ2) is 5.83. The van der Waals surface area contributed by atoms with Crippen LogP contribution in [0, 0.1) is 5.92 Å². The fourth-order valence-corrected chi connectivity index (χ4v) is 1.78. The summed E-state index contributed by atoms with van der Waals surface area (Å²) < 4.78 is 5.53. The van der Waals surface area contributed by atoms with Crippen LogP contribution in [-0.2, 0) is 4.74 Å². The Morgan fingerprint density at radius 2 is 2.00 bits per heavy atom. The standard InChI is InChI=1S/C12H25NO2/c1-4-12(14)9-13(10-12)6-8-15-7-5-11(2)3/h11,14H,4-10H2,1-3H3. The number of nitrogens with zero attached hydrogens (tertiary/aromatic N) is 1. The Bertz CT molecular complexity index is 176. The SMILES string of the molecule is CCC1(O)CN(CCOCCC(C)C)C1. The number of β-amino-alcohol motifs (C(OH)–C–C–N with tert-alkyl or cyclic N) is 1.